The highest BCUT2D eigenvalue weighted by Gasteiger charge is 2.41. The second kappa shape index (κ2) is 6.67. The number of amides is 1. The lowest BCUT2D eigenvalue weighted by Gasteiger charge is -2.17. The third-order valence-electron chi connectivity index (χ3n) is 4.57. The minimum atomic E-state index is -0.0590. The number of rotatable bonds is 5. The van der Waals surface area contributed by atoms with Crippen LogP contribution in [0.3, 0.4) is 0 Å². The first kappa shape index (κ1) is 16.4. The van der Waals surface area contributed by atoms with Crippen LogP contribution >= 0.6 is 0 Å². The van der Waals surface area contributed by atoms with Crippen molar-refractivity contribution in [2.24, 2.45) is 4.99 Å². The SMILES string of the molecule is COc1ccc(OC)c(/C=C2\N=C(c3ccccc3)N(C3CC3)C2=O)c1. The Morgan fingerprint density at radius 2 is 1.85 bits per heavy atom. The molecule has 0 spiro atoms. The topological polar surface area (TPSA) is 51.1 Å². The quantitative estimate of drug-likeness (QED) is 0.777. The molecular weight excluding hydrogens is 328 g/mol. The predicted octanol–water partition coefficient (Wildman–Crippen LogP) is 3.50. The second-order valence-corrected chi connectivity index (χ2v) is 6.35. The Morgan fingerprint density at radius 3 is 2.50 bits per heavy atom. The van der Waals surface area contributed by atoms with Crippen molar-refractivity contribution in [3.8, 4) is 11.5 Å². The molecule has 1 heterocycles. The van der Waals surface area contributed by atoms with Gasteiger partial charge in [-0.1, -0.05) is 30.3 Å². The van der Waals surface area contributed by atoms with Crippen LogP contribution in [-0.4, -0.2) is 36.9 Å². The molecule has 132 valence electrons. The van der Waals surface area contributed by atoms with Gasteiger partial charge in [-0.3, -0.25) is 9.69 Å². The van der Waals surface area contributed by atoms with Gasteiger partial charge in [-0.2, -0.15) is 0 Å². The van der Waals surface area contributed by atoms with Gasteiger partial charge >= 0.3 is 0 Å². The van der Waals surface area contributed by atoms with E-state index in [2.05, 4.69) is 4.99 Å². The molecule has 2 aromatic carbocycles. The summed E-state index contributed by atoms with van der Waals surface area (Å²) < 4.78 is 10.7. The molecule has 2 aromatic rings. The molecule has 1 aliphatic carbocycles. The van der Waals surface area contributed by atoms with Gasteiger partial charge in [0.2, 0.25) is 0 Å². The van der Waals surface area contributed by atoms with Gasteiger partial charge in [-0.15, -0.1) is 0 Å². The number of amidine groups is 1. The van der Waals surface area contributed by atoms with Crippen molar-refractivity contribution in [3.63, 3.8) is 0 Å². The summed E-state index contributed by atoms with van der Waals surface area (Å²) in [5.74, 6) is 2.05. The average molecular weight is 348 g/mol. The van der Waals surface area contributed by atoms with Gasteiger partial charge in [0.15, 0.2) is 0 Å². The van der Waals surface area contributed by atoms with Crippen molar-refractivity contribution in [2.45, 2.75) is 18.9 Å². The van der Waals surface area contributed by atoms with E-state index in [0.717, 1.165) is 29.8 Å². The molecule has 0 bridgehead atoms. The Balaban J connectivity index is 1.78. The maximum atomic E-state index is 13.0. The van der Waals surface area contributed by atoms with E-state index in [1.165, 1.54) is 0 Å². The number of hydrogen-bond acceptors (Lipinski definition) is 4. The molecular formula is C21H20N2O3. The maximum absolute atomic E-state index is 13.0. The van der Waals surface area contributed by atoms with Crippen molar-refractivity contribution in [2.75, 3.05) is 14.2 Å². The molecule has 1 fully saturated rings. The van der Waals surface area contributed by atoms with Gasteiger partial charge in [0.1, 0.15) is 23.0 Å². The Morgan fingerprint density at radius 1 is 1.08 bits per heavy atom. The number of carbonyl (C=O) groups is 1. The third kappa shape index (κ3) is 2.96. The molecule has 1 amide bonds. The molecule has 1 saturated carbocycles. The van der Waals surface area contributed by atoms with Crippen molar-refractivity contribution in [3.05, 3.63) is 65.4 Å². The number of aliphatic imine (C=N–C) groups is 1. The highest BCUT2D eigenvalue weighted by atomic mass is 16.5. The molecule has 26 heavy (non-hydrogen) atoms. The zero-order valence-corrected chi connectivity index (χ0v) is 14.8. The molecule has 4 rings (SSSR count). The third-order valence-corrected chi connectivity index (χ3v) is 4.57. The van der Waals surface area contributed by atoms with Gasteiger partial charge in [-0.05, 0) is 37.1 Å². The highest BCUT2D eigenvalue weighted by Crippen LogP contribution is 2.35. The fourth-order valence-electron chi connectivity index (χ4n) is 3.09. The van der Waals surface area contributed by atoms with Crippen LogP contribution in [0.15, 0.2) is 59.2 Å². The normalized spacial score (nSPS) is 18.2. The van der Waals surface area contributed by atoms with Crippen LogP contribution < -0.4 is 9.47 Å². The summed E-state index contributed by atoms with van der Waals surface area (Å²) in [7, 11) is 3.22. The van der Waals surface area contributed by atoms with Crippen LogP contribution in [0.25, 0.3) is 6.08 Å². The van der Waals surface area contributed by atoms with Crippen LogP contribution in [0.2, 0.25) is 0 Å². The van der Waals surface area contributed by atoms with Crippen LogP contribution in [0.1, 0.15) is 24.0 Å². The summed E-state index contributed by atoms with van der Waals surface area (Å²) in [5.41, 5.74) is 2.14. The smallest absolute Gasteiger partial charge is 0.278 e. The lowest BCUT2D eigenvalue weighted by atomic mass is 10.1. The fourth-order valence-corrected chi connectivity index (χ4v) is 3.09. The van der Waals surface area contributed by atoms with E-state index >= 15 is 0 Å². The van der Waals surface area contributed by atoms with Crippen LogP contribution in [0, 0.1) is 0 Å². The molecule has 0 atom stereocenters. The minimum absolute atomic E-state index is 0.0590. The first-order valence-electron chi connectivity index (χ1n) is 8.62. The highest BCUT2D eigenvalue weighted by molar-refractivity contribution is 6.20. The van der Waals surface area contributed by atoms with Crippen molar-refractivity contribution < 1.29 is 14.3 Å². The Bertz CT molecular complexity index is 899. The zero-order valence-electron chi connectivity index (χ0n) is 14.8. The van der Waals surface area contributed by atoms with Gasteiger partial charge in [-0.25, -0.2) is 4.99 Å². The average Bonchev–Trinajstić information content (AvgIpc) is 3.47. The standard InChI is InChI=1S/C21H20N2O3/c1-25-17-10-11-19(26-2)15(12-17)13-18-21(24)23(16-8-9-16)20(22-18)14-6-4-3-5-7-14/h3-7,10-13,16H,8-9H2,1-2H3/b18-13-. The molecule has 0 unspecified atom stereocenters. The van der Waals surface area contributed by atoms with Crippen molar-refractivity contribution >= 4 is 17.8 Å². The molecule has 0 saturated heterocycles. The van der Waals surface area contributed by atoms with Gasteiger partial charge in [0.25, 0.3) is 5.91 Å². The second-order valence-electron chi connectivity index (χ2n) is 6.35. The number of hydrogen-bond donors (Lipinski definition) is 0. The summed E-state index contributed by atoms with van der Waals surface area (Å²) in [4.78, 5) is 19.5. The van der Waals surface area contributed by atoms with Crippen LogP contribution in [0.5, 0.6) is 11.5 Å². The Hall–Kier alpha value is -3.08. The summed E-state index contributed by atoms with van der Waals surface area (Å²) in [6.45, 7) is 0. The molecule has 2 aliphatic rings. The molecule has 0 radical (unpaired) electrons. The van der Waals surface area contributed by atoms with E-state index in [9.17, 15) is 4.79 Å². The van der Waals surface area contributed by atoms with E-state index in [-0.39, 0.29) is 11.9 Å². The predicted molar refractivity (Wildman–Crippen MR) is 100 cm³/mol. The molecule has 5 nitrogen and oxygen atoms in total. The molecule has 0 aromatic heterocycles. The van der Waals surface area contributed by atoms with Crippen LogP contribution in [-0.2, 0) is 4.79 Å². The van der Waals surface area contributed by atoms with E-state index in [1.807, 2.05) is 53.4 Å². The number of ether oxygens (including phenoxy) is 2. The van der Waals surface area contributed by atoms with Gasteiger partial charge < -0.3 is 9.47 Å². The largest absolute Gasteiger partial charge is 0.497 e. The lowest BCUT2D eigenvalue weighted by molar-refractivity contribution is -0.122. The van der Waals surface area contributed by atoms with E-state index in [0.29, 0.717) is 17.2 Å². The van der Waals surface area contributed by atoms with E-state index in [4.69, 9.17) is 9.47 Å². The first-order chi connectivity index (χ1) is 12.7. The number of methoxy groups -OCH3 is 2. The fraction of sp³-hybridized carbons (Fsp3) is 0.238. The van der Waals surface area contributed by atoms with Crippen molar-refractivity contribution in [1.82, 2.24) is 4.90 Å². The maximum Gasteiger partial charge on any atom is 0.278 e. The number of nitrogens with zero attached hydrogens (tertiary/aromatic N) is 2. The molecule has 0 N–H and O–H groups in total. The van der Waals surface area contributed by atoms with Crippen LogP contribution in [0.4, 0.5) is 0 Å². The summed E-state index contributed by atoms with van der Waals surface area (Å²) in [6.07, 6.45) is 3.82. The summed E-state index contributed by atoms with van der Waals surface area (Å²) in [5, 5.41) is 0. The summed E-state index contributed by atoms with van der Waals surface area (Å²) >= 11 is 0. The zero-order chi connectivity index (χ0) is 18.1. The number of carbonyl (C=O) groups excluding carboxylic acids is 1. The van der Waals surface area contributed by atoms with Crippen molar-refractivity contribution in [1.29, 1.82) is 0 Å². The van der Waals surface area contributed by atoms with E-state index in [1.54, 1.807) is 20.3 Å². The first-order valence-corrected chi connectivity index (χ1v) is 8.62. The monoisotopic (exact) mass is 348 g/mol. The summed E-state index contributed by atoms with van der Waals surface area (Å²) in [6, 6.07) is 15.6. The van der Waals surface area contributed by atoms with Gasteiger partial charge in [0.05, 0.1) is 14.2 Å². The van der Waals surface area contributed by atoms with E-state index < -0.39 is 0 Å². The van der Waals surface area contributed by atoms with Gasteiger partial charge in [0, 0.05) is 17.2 Å². The number of benzene rings is 2. The Kier molecular flexibility index (Phi) is 4.21. The minimum Gasteiger partial charge on any atom is -0.497 e. The molecule has 5 heteroatoms. The molecule has 1 aliphatic heterocycles. The Labute approximate surface area is 152 Å². The lowest BCUT2D eigenvalue weighted by Crippen LogP contribution is -2.34.